The average molecular weight is 933 g/mol. The highest BCUT2D eigenvalue weighted by Crippen LogP contribution is 2.13. The van der Waals surface area contributed by atoms with E-state index in [0.29, 0.717) is 19.3 Å². The number of carbonyl (C=O) groups excluding carboxylic acids is 2. The Kier molecular flexibility index (Phi) is 52.6. The van der Waals surface area contributed by atoms with Crippen LogP contribution in [0, 0.1) is 0 Å². The molecule has 0 aliphatic rings. The quantitative estimate of drug-likeness (QED) is 0.0374. The van der Waals surface area contributed by atoms with Gasteiger partial charge in [-0.25, -0.2) is 0 Å². The monoisotopic (exact) mass is 933 g/mol. The highest BCUT2D eigenvalue weighted by molar-refractivity contribution is 5.70. The van der Waals surface area contributed by atoms with Crippen LogP contribution in [0.5, 0.6) is 0 Å². The van der Waals surface area contributed by atoms with E-state index in [0.717, 1.165) is 122 Å². The van der Waals surface area contributed by atoms with E-state index in [4.69, 9.17) is 9.47 Å². The van der Waals surface area contributed by atoms with Crippen molar-refractivity contribution in [1.82, 2.24) is 0 Å². The number of esters is 2. The average Bonchev–Trinajstić information content (AvgIpc) is 3.34. The molecule has 0 aromatic rings. The molecule has 1 N–H and O–H groups in total. The van der Waals surface area contributed by atoms with Gasteiger partial charge in [-0.1, -0.05) is 229 Å². The zero-order valence-corrected chi connectivity index (χ0v) is 43.0. The fourth-order valence-corrected chi connectivity index (χ4v) is 6.58. The van der Waals surface area contributed by atoms with Gasteiger partial charge in [-0.3, -0.25) is 9.59 Å². The van der Waals surface area contributed by atoms with Gasteiger partial charge in [0, 0.05) is 12.8 Å². The van der Waals surface area contributed by atoms with Crippen LogP contribution in [0.2, 0.25) is 0 Å². The van der Waals surface area contributed by atoms with Gasteiger partial charge < -0.3 is 14.6 Å². The number of aliphatic hydroxyl groups excluding tert-OH is 1. The minimum atomic E-state index is -0.814. The molecule has 0 radical (unpaired) electrons. The summed E-state index contributed by atoms with van der Waals surface area (Å²) in [6, 6.07) is 0. The van der Waals surface area contributed by atoms with Gasteiger partial charge in [0.1, 0.15) is 6.61 Å². The van der Waals surface area contributed by atoms with Crippen molar-refractivity contribution in [2.45, 2.75) is 200 Å². The predicted octanol–water partition coefficient (Wildman–Crippen LogP) is 18.2. The molecule has 0 aliphatic carbocycles. The third-order valence-corrected chi connectivity index (χ3v) is 10.5. The molecule has 0 aliphatic heterocycles. The predicted molar refractivity (Wildman–Crippen MR) is 297 cm³/mol. The van der Waals surface area contributed by atoms with E-state index >= 15 is 0 Å². The number of unbranched alkanes of at least 4 members (excludes halogenated alkanes) is 10. The Morgan fingerprint density at radius 2 is 0.603 bits per heavy atom. The molecule has 1 unspecified atom stereocenters. The summed E-state index contributed by atoms with van der Waals surface area (Å²) in [4.78, 5) is 24.5. The van der Waals surface area contributed by atoms with Crippen LogP contribution in [0.15, 0.2) is 170 Å². The lowest BCUT2D eigenvalue weighted by molar-refractivity contribution is -0.161. The van der Waals surface area contributed by atoms with Crippen molar-refractivity contribution in [2.24, 2.45) is 0 Å². The summed E-state index contributed by atoms with van der Waals surface area (Å²) in [6.45, 7) is 3.84. The lowest BCUT2D eigenvalue weighted by Crippen LogP contribution is -2.28. The van der Waals surface area contributed by atoms with Gasteiger partial charge in [-0.2, -0.15) is 0 Å². The number of allylic oxidation sites excluding steroid dienone is 28. The Morgan fingerprint density at radius 1 is 0.338 bits per heavy atom. The van der Waals surface area contributed by atoms with Crippen LogP contribution in [0.4, 0.5) is 0 Å². The molecular weight excluding hydrogens is 837 g/mol. The number of hydrogen-bond acceptors (Lipinski definition) is 5. The van der Waals surface area contributed by atoms with Crippen LogP contribution in [0.1, 0.15) is 194 Å². The SMILES string of the molecule is CC/C=C\C/C=C\C/C=C\C/C=C\C/C=C\C/C=C\C/C=C\CCCCCCCCCCCC(=O)OC(CO)COC(=O)CCC/C=C\C/C=C\C/C=C\C/C=C\C/C=C\C/C=C\C/C=C\CC. The Bertz CT molecular complexity index is 1570. The van der Waals surface area contributed by atoms with E-state index in [1.807, 2.05) is 0 Å². The molecule has 5 nitrogen and oxygen atoms in total. The van der Waals surface area contributed by atoms with Crippen molar-refractivity contribution in [3.63, 3.8) is 0 Å². The number of ether oxygens (including phenoxy) is 2. The molecule has 0 rings (SSSR count). The van der Waals surface area contributed by atoms with Crippen molar-refractivity contribution in [1.29, 1.82) is 0 Å². The van der Waals surface area contributed by atoms with Crippen LogP contribution in [0.3, 0.4) is 0 Å². The molecule has 1 atom stereocenters. The van der Waals surface area contributed by atoms with Crippen LogP contribution < -0.4 is 0 Å². The third kappa shape index (κ3) is 53.9. The zero-order chi connectivity index (χ0) is 49.2. The van der Waals surface area contributed by atoms with Crippen molar-refractivity contribution in [3.8, 4) is 0 Å². The van der Waals surface area contributed by atoms with Crippen molar-refractivity contribution < 1.29 is 24.2 Å². The molecule has 0 amide bonds. The second-order valence-corrected chi connectivity index (χ2v) is 16.8. The molecule has 0 aromatic carbocycles. The maximum Gasteiger partial charge on any atom is 0.306 e. The third-order valence-electron chi connectivity index (χ3n) is 10.5. The molecule has 0 heterocycles. The Balaban J connectivity index is 3.68. The van der Waals surface area contributed by atoms with E-state index < -0.39 is 6.10 Å². The van der Waals surface area contributed by atoms with E-state index in [-0.39, 0.29) is 25.2 Å². The van der Waals surface area contributed by atoms with E-state index in [1.54, 1.807) is 0 Å². The smallest absolute Gasteiger partial charge is 0.306 e. The van der Waals surface area contributed by atoms with E-state index in [9.17, 15) is 14.7 Å². The molecule has 5 heteroatoms. The first-order chi connectivity index (χ1) is 33.6. The number of carbonyl (C=O) groups is 2. The minimum Gasteiger partial charge on any atom is -0.462 e. The molecular formula is C63H96O5. The van der Waals surface area contributed by atoms with E-state index in [1.165, 1.54) is 38.5 Å². The van der Waals surface area contributed by atoms with Crippen LogP contribution in [0.25, 0.3) is 0 Å². The maximum atomic E-state index is 12.3. The molecule has 68 heavy (non-hydrogen) atoms. The number of aliphatic hydroxyl groups is 1. The first-order valence-corrected chi connectivity index (χ1v) is 26.7. The van der Waals surface area contributed by atoms with Crippen LogP contribution in [-0.4, -0.2) is 36.4 Å². The van der Waals surface area contributed by atoms with Crippen LogP contribution >= 0.6 is 0 Å². The van der Waals surface area contributed by atoms with Gasteiger partial charge >= 0.3 is 11.9 Å². The van der Waals surface area contributed by atoms with Crippen molar-refractivity contribution >= 4 is 11.9 Å². The Hall–Kier alpha value is -4.74. The summed E-state index contributed by atoms with van der Waals surface area (Å²) in [5, 5.41) is 9.64. The Morgan fingerprint density at radius 3 is 0.926 bits per heavy atom. The second-order valence-electron chi connectivity index (χ2n) is 16.8. The summed E-state index contributed by atoms with van der Waals surface area (Å²) < 4.78 is 10.6. The second kappa shape index (κ2) is 56.6. The molecule has 0 fully saturated rings. The standard InChI is InChI=1S/C63H96O5/c1-3-5-7-9-11-13-15-17-19-21-23-25-27-28-29-30-31-32-33-34-36-38-40-42-44-46-48-50-52-54-56-58-63(66)68-61(59-64)60-67-62(65)57-55-53-51-49-47-45-43-41-39-37-35-26-24-22-20-18-16-14-12-10-8-6-4-2/h5-8,11-14,17-20,23-26,28-29,31-32,34,36-37,39,43,45,49,51,61,64H,3-4,9-10,15-16,21-22,27,30,33,35,38,40-42,44,46-48,50,52-60H2,1-2H3/b7-5-,8-6-,13-11-,14-12-,19-17-,20-18-,25-23-,26-24-,29-28-,32-31-,36-34-,39-37-,45-43-,51-49-. The molecule has 0 bridgehead atoms. The largest absolute Gasteiger partial charge is 0.462 e. The van der Waals surface area contributed by atoms with Crippen molar-refractivity contribution in [2.75, 3.05) is 13.2 Å². The van der Waals surface area contributed by atoms with E-state index in [2.05, 4.69) is 184 Å². The summed E-state index contributed by atoms with van der Waals surface area (Å²) in [5.41, 5.74) is 0. The fraction of sp³-hybridized carbons (Fsp3) is 0.524. The molecule has 0 saturated heterocycles. The molecule has 378 valence electrons. The van der Waals surface area contributed by atoms with Crippen LogP contribution in [-0.2, 0) is 19.1 Å². The highest BCUT2D eigenvalue weighted by Gasteiger charge is 2.16. The molecule has 0 spiro atoms. The van der Waals surface area contributed by atoms with Gasteiger partial charge in [-0.15, -0.1) is 0 Å². The number of rotatable bonds is 46. The van der Waals surface area contributed by atoms with Gasteiger partial charge in [-0.05, 0) is 122 Å². The lowest BCUT2D eigenvalue weighted by Gasteiger charge is -2.15. The first kappa shape index (κ1) is 63.3. The Labute approximate surface area is 417 Å². The zero-order valence-electron chi connectivity index (χ0n) is 43.0. The van der Waals surface area contributed by atoms with Gasteiger partial charge in [0.15, 0.2) is 6.10 Å². The molecule has 0 aromatic heterocycles. The van der Waals surface area contributed by atoms with Gasteiger partial charge in [0.05, 0.1) is 6.61 Å². The molecule has 0 saturated carbocycles. The topological polar surface area (TPSA) is 72.8 Å². The summed E-state index contributed by atoms with van der Waals surface area (Å²) in [7, 11) is 0. The van der Waals surface area contributed by atoms with Gasteiger partial charge in [0.25, 0.3) is 0 Å². The first-order valence-electron chi connectivity index (χ1n) is 26.7. The maximum absolute atomic E-state index is 12.3. The summed E-state index contributed by atoms with van der Waals surface area (Å²) >= 11 is 0. The normalized spacial score (nSPS) is 13.6. The van der Waals surface area contributed by atoms with Gasteiger partial charge in [0.2, 0.25) is 0 Å². The number of hydrogen-bond donors (Lipinski definition) is 1. The van der Waals surface area contributed by atoms with Crippen molar-refractivity contribution in [3.05, 3.63) is 170 Å². The fourth-order valence-electron chi connectivity index (χ4n) is 6.58. The summed E-state index contributed by atoms with van der Waals surface area (Å²) in [6.07, 6.45) is 88.8. The minimum absolute atomic E-state index is 0.111. The highest BCUT2D eigenvalue weighted by atomic mass is 16.6. The summed E-state index contributed by atoms with van der Waals surface area (Å²) in [5.74, 6) is -0.682. The lowest BCUT2D eigenvalue weighted by atomic mass is 10.1.